The fourth-order valence-electron chi connectivity index (χ4n) is 3.57. The lowest BCUT2D eigenvalue weighted by atomic mass is 9.75. The molecule has 1 aliphatic heterocycles. The van der Waals surface area contributed by atoms with Gasteiger partial charge in [0, 0.05) is 24.1 Å². The second-order valence-corrected chi connectivity index (χ2v) is 6.82. The SMILES string of the molecule is CC1CC(c2ccccc2F)N(C(=O)CC2(N)CCC2)C1.Cl. The Kier molecular flexibility index (Phi) is 5.13. The van der Waals surface area contributed by atoms with E-state index in [2.05, 4.69) is 6.92 Å². The maximum atomic E-state index is 14.1. The molecule has 0 spiro atoms. The zero-order valence-electron chi connectivity index (χ0n) is 12.9. The number of benzene rings is 1. The third-order valence-electron chi connectivity index (χ3n) is 4.95. The van der Waals surface area contributed by atoms with E-state index in [1.807, 2.05) is 11.0 Å². The van der Waals surface area contributed by atoms with Gasteiger partial charge >= 0.3 is 0 Å². The molecule has 1 saturated heterocycles. The lowest BCUT2D eigenvalue weighted by Crippen LogP contribution is -2.50. The van der Waals surface area contributed by atoms with Gasteiger partial charge in [0.25, 0.3) is 0 Å². The minimum Gasteiger partial charge on any atom is -0.335 e. The van der Waals surface area contributed by atoms with Gasteiger partial charge in [0.2, 0.25) is 5.91 Å². The van der Waals surface area contributed by atoms with Crippen LogP contribution in [-0.2, 0) is 4.79 Å². The molecule has 0 radical (unpaired) electrons. The lowest BCUT2D eigenvalue weighted by Gasteiger charge is -2.39. The van der Waals surface area contributed by atoms with Crippen LogP contribution in [-0.4, -0.2) is 22.9 Å². The van der Waals surface area contributed by atoms with Crippen molar-refractivity contribution < 1.29 is 9.18 Å². The van der Waals surface area contributed by atoms with Gasteiger partial charge in [-0.3, -0.25) is 4.79 Å². The molecule has 3 nitrogen and oxygen atoms in total. The molecule has 122 valence electrons. The van der Waals surface area contributed by atoms with Crippen molar-refractivity contribution in [2.45, 2.75) is 50.6 Å². The molecule has 3 rings (SSSR count). The molecule has 0 aromatic heterocycles. The number of hydrogen-bond donors (Lipinski definition) is 1. The molecule has 0 bridgehead atoms. The van der Waals surface area contributed by atoms with E-state index in [1.54, 1.807) is 12.1 Å². The first-order chi connectivity index (χ1) is 9.98. The molecule has 2 aliphatic rings. The van der Waals surface area contributed by atoms with Crippen LogP contribution in [0.25, 0.3) is 0 Å². The number of amides is 1. The Morgan fingerprint density at radius 1 is 1.41 bits per heavy atom. The molecule has 1 aromatic rings. The van der Waals surface area contributed by atoms with Crippen molar-refractivity contribution in [2.75, 3.05) is 6.54 Å². The minimum absolute atomic E-state index is 0. The highest BCUT2D eigenvalue weighted by Crippen LogP contribution is 2.39. The fourth-order valence-corrected chi connectivity index (χ4v) is 3.57. The highest BCUT2D eigenvalue weighted by molar-refractivity contribution is 5.85. The summed E-state index contributed by atoms with van der Waals surface area (Å²) in [6.45, 7) is 2.82. The first kappa shape index (κ1) is 17.2. The molecule has 1 heterocycles. The van der Waals surface area contributed by atoms with Gasteiger partial charge in [-0.2, -0.15) is 0 Å². The summed E-state index contributed by atoms with van der Waals surface area (Å²) in [4.78, 5) is 14.5. The van der Waals surface area contributed by atoms with Crippen molar-refractivity contribution >= 4 is 18.3 Å². The molecule has 1 saturated carbocycles. The van der Waals surface area contributed by atoms with Crippen molar-refractivity contribution in [3.8, 4) is 0 Å². The Morgan fingerprint density at radius 2 is 2.09 bits per heavy atom. The third-order valence-corrected chi connectivity index (χ3v) is 4.95. The van der Waals surface area contributed by atoms with Crippen LogP contribution in [0.1, 0.15) is 50.6 Å². The van der Waals surface area contributed by atoms with Crippen LogP contribution in [0.2, 0.25) is 0 Å². The van der Waals surface area contributed by atoms with E-state index < -0.39 is 0 Å². The van der Waals surface area contributed by atoms with Crippen LogP contribution in [0.5, 0.6) is 0 Å². The van der Waals surface area contributed by atoms with E-state index in [1.165, 1.54) is 6.07 Å². The van der Waals surface area contributed by atoms with Crippen LogP contribution in [0.3, 0.4) is 0 Å². The maximum Gasteiger partial charge on any atom is 0.224 e. The van der Waals surface area contributed by atoms with E-state index in [0.29, 0.717) is 24.4 Å². The number of likely N-dealkylation sites (tertiary alicyclic amines) is 1. The summed E-state index contributed by atoms with van der Waals surface area (Å²) in [6, 6.07) is 6.64. The van der Waals surface area contributed by atoms with Crippen LogP contribution in [0, 0.1) is 11.7 Å². The molecular weight excluding hydrogens is 303 g/mol. The van der Waals surface area contributed by atoms with Gasteiger partial charge in [0.1, 0.15) is 5.82 Å². The molecule has 2 unspecified atom stereocenters. The Bertz CT molecular complexity index is 547. The van der Waals surface area contributed by atoms with Crippen LogP contribution in [0.15, 0.2) is 24.3 Å². The van der Waals surface area contributed by atoms with Crippen molar-refractivity contribution in [3.63, 3.8) is 0 Å². The van der Waals surface area contributed by atoms with E-state index in [9.17, 15) is 9.18 Å². The Balaban J connectivity index is 0.00000176. The predicted octanol–water partition coefficient (Wildman–Crippen LogP) is 3.43. The van der Waals surface area contributed by atoms with Gasteiger partial charge in [0.15, 0.2) is 0 Å². The monoisotopic (exact) mass is 326 g/mol. The first-order valence-electron chi connectivity index (χ1n) is 7.81. The van der Waals surface area contributed by atoms with E-state index in [-0.39, 0.29) is 35.7 Å². The number of carbonyl (C=O) groups excluding carboxylic acids is 1. The molecule has 2 fully saturated rings. The van der Waals surface area contributed by atoms with Gasteiger partial charge in [-0.15, -0.1) is 12.4 Å². The summed E-state index contributed by atoms with van der Waals surface area (Å²) in [7, 11) is 0. The van der Waals surface area contributed by atoms with E-state index >= 15 is 0 Å². The smallest absolute Gasteiger partial charge is 0.224 e. The maximum absolute atomic E-state index is 14.1. The molecule has 2 N–H and O–H groups in total. The number of nitrogens with two attached hydrogens (primary N) is 1. The number of halogens is 2. The largest absolute Gasteiger partial charge is 0.335 e. The summed E-state index contributed by atoms with van der Waals surface area (Å²) in [5.74, 6) is 0.254. The summed E-state index contributed by atoms with van der Waals surface area (Å²) < 4.78 is 14.1. The van der Waals surface area contributed by atoms with Crippen LogP contribution in [0.4, 0.5) is 4.39 Å². The fraction of sp³-hybridized carbons (Fsp3) is 0.588. The van der Waals surface area contributed by atoms with E-state index in [4.69, 9.17) is 5.73 Å². The van der Waals surface area contributed by atoms with Crippen LogP contribution >= 0.6 is 12.4 Å². The Labute approximate surface area is 137 Å². The number of hydrogen-bond acceptors (Lipinski definition) is 2. The molecule has 5 heteroatoms. The molecule has 1 aromatic carbocycles. The summed E-state index contributed by atoms with van der Waals surface area (Å²) in [6.07, 6.45) is 4.17. The average Bonchev–Trinajstić information content (AvgIpc) is 2.79. The Morgan fingerprint density at radius 3 is 2.68 bits per heavy atom. The summed E-state index contributed by atoms with van der Waals surface area (Å²) in [5, 5.41) is 0. The van der Waals surface area contributed by atoms with Crippen molar-refractivity contribution in [1.82, 2.24) is 4.90 Å². The number of rotatable bonds is 3. The van der Waals surface area contributed by atoms with Crippen LogP contribution < -0.4 is 5.73 Å². The molecular formula is C17H24ClFN2O. The number of carbonyl (C=O) groups is 1. The first-order valence-corrected chi connectivity index (χ1v) is 7.81. The minimum atomic E-state index is -0.317. The molecule has 2 atom stereocenters. The summed E-state index contributed by atoms with van der Waals surface area (Å²) in [5.41, 5.74) is 6.52. The molecule has 22 heavy (non-hydrogen) atoms. The van der Waals surface area contributed by atoms with Gasteiger partial charge in [-0.25, -0.2) is 4.39 Å². The highest BCUT2D eigenvalue weighted by atomic mass is 35.5. The number of nitrogens with zero attached hydrogens (tertiary/aromatic N) is 1. The van der Waals surface area contributed by atoms with Crippen molar-refractivity contribution in [2.24, 2.45) is 11.7 Å². The average molecular weight is 327 g/mol. The third kappa shape index (κ3) is 3.28. The van der Waals surface area contributed by atoms with E-state index in [0.717, 1.165) is 25.7 Å². The zero-order chi connectivity index (χ0) is 15.0. The highest BCUT2D eigenvalue weighted by Gasteiger charge is 2.40. The van der Waals surface area contributed by atoms with Crippen molar-refractivity contribution in [1.29, 1.82) is 0 Å². The predicted molar refractivity (Wildman–Crippen MR) is 87.3 cm³/mol. The quantitative estimate of drug-likeness (QED) is 0.925. The molecule has 1 aliphatic carbocycles. The topological polar surface area (TPSA) is 46.3 Å². The second-order valence-electron chi connectivity index (χ2n) is 6.82. The normalized spacial score (nSPS) is 26.2. The van der Waals surface area contributed by atoms with Gasteiger partial charge in [-0.05, 0) is 37.7 Å². The standard InChI is InChI=1S/C17H23FN2O.ClH/c1-12-9-15(13-5-2-3-6-14(13)18)20(11-12)16(21)10-17(19)7-4-8-17;/h2-3,5-6,12,15H,4,7-11,19H2,1H3;1H. The molecule has 1 amide bonds. The van der Waals surface area contributed by atoms with Gasteiger partial charge in [-0.1, -0.05) is 25.1 Å². The second kappa shape index (κ2) is 6.55. The Hall–Kier alpha value is -1.13. The van der Waals surface area contributed by atoms with Crippen molar-refractivity contribution in [3.05, 3.63) is 35.6 Å². The van der Waals surface area contributed by atoms with Gasteiger partial charge in [0.05, 0.1) is 6.04 Å². The lowest BCUT2D eigenvalue weighted by molar-refractivity contribution is -0.134. The van der Waals surface area contributed by atoms with Gasteiger partial charge < -0.3 is 10.6 Å². The summed E-state index contributed by atoms with van der Waals surface area (Å²) >= 11 is 0. The zero-order valence-corrected chi connectivity index (χ0v) is 13.7.